The van der Waals surface area contributed by atoms with Crippen LogP contribution in [0.3, 0.4) is 0 Å². The third-order valence-electron chi connectivity index (χ3n) is 6.03. The van der Waals surface area contributed by atoms with Gasteiger partial charge in [-0.3, -0.25) is 9.11 Å². The molecule has 2 aromatic carbocycles. The molecule has 0 bridgehead atoms. The second-order valence-corrected chi connectivity index (χ2v) is 10.8. The fraction of sp³-hybridized carbons (Fsp3) is 0.375. The molecule has 0 saturated heterocycles. The summed E-state index contributed by atoms with van der Waals surface area (Å²) >= 11 is 6.41. The molecule has 1 atom stereocenters. The van der Waals surface area contributed by atoms with Crippen LogP contribution in [-0.2, 0) is 4.79 Å². The highest BCUT2D eigenvalue weighted by Gasteiger charge is 2.42. The zero-order valence-corrected chi connectivity index (χ0v) is 20.2. The van der Waals surface area contributed by atoms with E-state index in [1.807, 2.05) is 35.2 Å². The third-order valence-corrected chi connectivity index (χ3v) is 8.37. The number of fused-ring (bicyclic) bond motifs is 1. The lowest BCUT2D eigenvalue weighted by Gasteiger charge is -2.41. The Morgan fingerprint density at radius 3 is 2.58 bits per heavy atom. The molecule has 0 saturated carbocycles. The predicted molar refractivity (Wildman–Crippen MR) is 131 cm³/mol. The van der Waals surface area contributed by atoms with Gasteiger partial charge in [-0.15, -0.1) is 0 Å². The van der Waals surface area contributed by atoms with Crippen LogP contribution in [0.4, 0.5) is 15.8 Å². The SMILES string of the molecule is CCCC[C@@]1(CC)CN(c2ccccc2)c2cc(Cl)c(O/C=C(\F)C(=O)O)cc2S(O)(O)C1. The van der Waals surface area contributed by atoms with Gasteiger partial charge in [0.2, 0.25) is 5.83 Å². The zero-order valence-electron chi connectivity index (χ0n) is 18.6. The second-order valence-electron chi connectivity index (χ2n) is 8.33. The average Bonchev–Trinajstić information content (AvgIpc) is 2.88. The first kappa shape index (κ1) is 25.4. The number of hydrogen-bond acceptors (Lipinski definition) is 5. The van der Waals surface area contributed by atoms with E-state index >= 15 is 0 Å². The molecule has 180 valence electrons. The Labute approximate surface area is 200 Å². The molecule has 33 heavy (non-hydrogen) atoms. The van der Waals surface area contributed by atoms with Crippen molar-refractivity contribution in [3.8, 4) is 5.75 Å². The summed E-state index contributed by atoms with van der Waals surface area (Å²) in [5, 5.41) is 8.81. The second kappa shape index (κ2) is 10.3. The Hall–Kier alpha value is -2.26. The Kier molecular flexibility index (Phi) is 7.95. The lowest BCUT2D eigenvalue weighted by Crippen LogP contribution is -2.37. The van der Waals surface area contributed by atoms with Crippen LogP contribution in [0.1, 0.15) is 39.5 Å². The number of unbranched alkanes of at least 4 members (excludes halogenated alkanes) is 1. The van der Waals surface area contributed by atoms with Crippen molar-refractivity contribution in [1.82, 2.24) is 0 Å². The highest BCUT2D eigenvalue weighted by Crippen LogP contribution is 2.61. The van der Waals surface area contributed by atoms with Crippen molar-refractivity contribution in [2.75, 3.05) is 17.2 Å². The van der Waals surface area contributed by atoms with Gasteiger partial charge in [-0.05, 0) is 31.0 Å². The molecule has 0 aromatic heterocycles. The minimum Gasteiger partial charge on any atom is -0.476 e. The van der Waals surface area contributed by atoms with E-state index in [0.717, 1.165) is 31.4 Å². The van der Waals surface area contributed by atoms with E-state index in [9.17, 15) is 18.3 Å². The van der Waals surface area contributed by atoms with Crippen molar-refractivity contribution in [1.29, 1.82) is 0 Å². The monoisotopic (exact) mass is 497 g/mol. The van der Waals surface area contributed by atoms with Crippen molar-refractivity contribution in [2.24, 2.45) is 5.41 Å². The number of nitrogens with zero attached hydrogens (tertiary/aromatic N) is 1. The van der Waals surface area contributed by atoms with E-state index in [0.29, 0.717) is 18.5 Å². The molecule has 0 aliphatic carbocycles. The first-order valence-corrected chi connectivity index (χ1v) is 12.9. The van der Waals surface area contributed by atoms with Gasteiger partial charge in [0.05, 0.1) is 15.6 Å². The number of carboxylic acid groups (broad SMARTS) is 1. The van der Waals surface area contributed by atoms with E-state index in [1.54, 1.807) is 6.07 Å². The summed E-state index contributed by atoms with van der Waals surface area (Å²) in [5.74, 6) is -3.16. The molecule has 0 unspecified atom stereocenters. The Balaban J connectivity index is 2.17. The van der Waals surface area contributed by atoms with Gasteiger partial charge in [0.25, 0.3) is 0 Å². The minimum absolute atomic E-state index is 0.0580. The lowest BCUT2D eigenvalue weighted by atomic mass is 9.81. The fourth-order valence-electron chi connectivity index (χ4n) is 4.16. The predicted octanol–water partition coefficient (Wildman–Crippen LogP) is 7.46. The number of ether oxygens (including phenoxy) is 1. The summed E-state index contributed by atoms with van der Waals surface area (Å²) in [6.45, 7) is 4.74. The summed E-state index contributed by atoms with van der Waals surface area (Å²) < 4.78 is 41.3. The summed E-state index contributed by atoms with van der Waals surface area (Å²) in [6.07, 6.45) is 3.97. The average molecular weight is 498 g/mol. The van der Waals surface area contributed by atoms with Crippen molar-refractivity contribution < 1.29 is 28.1 Å². The number of halogens is 2. The molecule has 1 aliphatic rings. The molecule has 3 N–H and O–H groups in total. The van der Waals surface area contributed by atoms with Crippen LogP contribution in [0.25, 0.3) is 0 Å². The molecule has 0 fully saturated rings. The molecule has 6 nitrogen and oxygen atoms in total. The molecule has 0 amide bonds. The van der Waals surface area contributed by atoms with Crippen LogP contribution in [0.15, 0.2) is 59.4 Å². The Bertz CT molecular complexity index is 1030. The van der Waals surface area contributed by atoms with Crippen molar-refractivity contribution in [3.05, 3.63) is 59.6 Å². The van der Waals surface area contributed by atoms with E-state index in [4.69, 9.17) is 21.4 Å². The van der Waals surface area contributed by atoms with Gasteiger partial charge in [-0.1, -0.05) is 56.5 Å². The van der Waals surface area contributed by atoms with Crippen LogP contribution in [0, 0.1) is 5.41 Å². The molecular formula is C24H29ClFNO5S. The van der Waals surface area contributed by atoms with Gasteiger partial charge in [0, 0.05) is 29.5 Å². The van der Waals surface area contributed by atoms with Gasteiger partial charge in [-0.2, -0.15) is 15.0 Å². The molecule has 1 aliphatic heterocycles. The van der Waals surface area contributed by atoms with Crippen LogP contribution in [-0.4, -0.2) is 32.5 Å². The molecule has 0 radical (unpaired) electrons. The molecule has 9 heteroatoms. The quantitative estimate of drug-likeness (QED) is 0.259. The summed E-state index contributed by atoms with van der Waals surface area (Å²) in [4.78, 5) is 13.0. The van der Waals surface area contributed by atoms with Gasteiger partial charge in [-0.25, -0.2) is 4.79 Å². The zero-order chi connectivity index (χ0) is 24.2. The first-order valence-electron chi connectivity index (χ1n) is 10.8. The highest BCUT2D eigenvalue weighted by atomic mass is 35.5. The van der Waals surface area contributed by atoms with Gasteiger partial charge < -0.3 is 14.7 Å². The highest BCUT2D eigenvalue weighted by molar-refractivity contribution is 8.24. The number of anilines is 2. The minimum atomic E-state index is -3.27. The number of hydrogen-bond donors (Lipinski definition) is 3. The topological polar surface area (TPSA) is 90.2 Å². The van der Waals surface area contributed by atoms with E-state index in [2.05, 4.69) is 13.8 Å². The number of benzene rings is 2. The van der Waals surface area contributed by atoms with Gasteiger partial charge in [0.15, 0.2) is 0 Å². The van der Waals surface area contributed by atoms with Crippen LogP contribution in [0.5, 0.6) is 5.75 Å². The summed E-state index contributed by atoms with van der Waals surface area (Å²) in [6, 6.07) is 12.6. The van der Waals surface area contributed by atoms with E-state index < -0.39 is 22.4 Å². The maximum atomic E-state index is 13.4. The molecular weight excluding hydrogens is 469 g/mol. The van der Waals surface area contributed by atoms with Crippen molar-refractivity contribution in [3.63, 3.8) is 0 Å². The standard InChI is InChI=1S/C24H29ClFNO5S/c1-3-5-11-24(4-2)15-27(17-9-7-6-8-10-17)20-12-18(25)21(32-14-19(26)23(28)29)13-22(20)33(30,31)16-24/h6-10,12-14,30-31H,3-5,11,15-16H2,1-2H3,(H,28,29)/b19-14-/t24-/m0/s1. The Morgan fingerprint density at radius 2 is 1.97 bits per heavy atom. The fourth-order valence-corrected chi connectivity index (χ4v) is 6.61. The van der Waals surface area contributed by atoms with Crippen LogP contribution in [0.2, 0.25) is 5.02 Å². The normalized spacial score (nSPS) is 21.2. The largest absolute Gasteiger partial charge is 0.476 e. The number of carbonyl (C=O) groups is 1. The van der Waals surface area contributed by atoms with Crippen LogP contribution < -0.4 is 9.64 Å². The Morgan fingerprint density at radius 1 is 1.27 bits per heavy atom. The smallest absolute Gasteiger partial charge is 0.368 e. The maximum absolute atomic E-state index is 13.4. The number of para-hydroxylation sites is 1. The number of rotatable bonds is 8. The molecule has 0 spiro atoms. The van der Waals surface area contributed by atoms with E-state index in [1.165, 1.54) is 6.07 Å². The molecule has 1 heterocycles. The summed E-state index contributed by atoms with van der Waals surface area (Å²) in [7, 11) is -3.27. The van der Waals surface area contributed by atoms with Gasteiger partial charge >= 0.3 is 5.97 Å². The van der Waals surface area contributed by atoms with Crippen molar-refractivity contribution >= 4 is 39.5 Å². The maximum Gasteiger partial charge on any atom is 0.368 e. The first-order chi connectivity index (χ1) is 15.6. The van der Waals surface area contributed by atoms with Crippen molar-refractivity contribution in [2.45, 2.75) is 44.4 Å². The summed E-state index contributed by atoms with van der Waals surface area (Å²) in [5.41, 5.74) is 1.06. The molecule has 3 rings (SSSR count). The van der Waals surface area contributed by atoms with Crippen LogP contribution >= 0.6 is 22.2 Å². The van der Waals surface area contributed by atoms with E-state index in [-0.39, 0.29) is 26.8 Å². The molecule has 2 aromatic rings. The van der Waals surface area contributed by atoms with Gasteiger partial charge in [0.1, 0.15) is 12.0 Å². The lowest BCUT2D eigenvalue weighted by molar-refractivity contribution is -0.134. The number of carboxylic acids is 1. The number of aliphatic carboxylic acids is 1. The third kappa shape index (κ3) is 5.63.